The molecule has 1 unspecified atom stereocenters. The Labute approximate surface area is 185 Å². The summed E-state index contributed by atoms with van der Waals surface area (Å²) < 4.78 is 2.24. The molecule has 2 rings (SSSR count). The summed E-state index contributed by atoms with van der Waals surface area (Å²) in [5.41, 5.74) is 3.70. The average molecular weight is 462 g/mol. The van der Waals surface area contributed by atoms with E-state index in [1.54, 1.807) is 0 Å². The molecule has 6 heteroatoms. The van der Waals surface area contributed by atoms with Gasteiger partial charge in [0.2, 0.25) is 6.67 Å². The molecule has 0 spiro atoms. The molecule has 1 atom stereocenters. The van der Waals surface area contributed by atoms with Crippen molar-refractivity contribution in [1.82, 2.24) is 13.7 Å². The molecule has 0 fully saturated rings. The van der Waals surface area contributed by atoms with Gasteiger partial charge in [-0.1, -0.05) is 0 Å². The van der Waals surface area contributed by atoms with Crippen molar-refractivity contribution < 1.29 is 0 Å². The second kappa shape index (κ2) is 10.7. The van der Waals surface area contributed by atoms with E-state index in [0.717, 1.165) is 5.84 Å². The monoisotopic (exact) mass is 463 g/mol. The Morgan fingerprint density at radius 2 is 1.36 bits per heavy atom. The van der Waals surface area contributed by atoms with Crippen LogP contribution in [0.15, 0.2) is 46.7 Å². The zero-order chi connectivity index (χ0) is 21.0. The summed E-state index contributed by atoms with van der Waals surface area (Å²) in [5, 5.41) is 0. The molecule has 0 amide bonds. The summed E-state index contributed by atoms with van der Waals surface area (Å²) in [6.07, 6.45) is 0. The Morgan fingerprint density at radius 3 is 1.64 bits per heavy atom. The maximum Gasteiger partial charge on any atom is 0.207 e. The Kier molecular flexibility index (Phi) is 10.3. The van der Waals surface area contributed by atoms with Crippen LogP contribution in [0.1, 0.15) is 61.0 Å². The molecular weight excluding hydrogens is 424 g/mol. The first kappa shape index (κ1) is 27.0. The zero-order valence-electron chi connectivity index (χ0n) is 19.4. The minimum Gasteiger partial charge on any atom is -0.347 e. The van der Waals surface area contributed by atoms with Crippen LogP contribution in [0.3, 0.4) is 0 Å². The van der Waals surface area contributed by atoms with Crippen molar-refractivity contribution >= 4 is 32.5 Å². The van der Waals surface area contributed by atoms with Gasteiger partial charge in [-0.2, -0.15) is 9.90 Å². The van der Waals surface area contributed by atoms with Gasteiger partial charge in [0, 0.05) is 25.5 Å². The molecule has 1 heterocycles. The third kappa shape index (κ3) is 8.17. The third-order valence-electron chi connectivity index (χ3n) is 4.19. The summed E-state index contributed by atoms with van der Waals surface area (Å²) in [5.74, 6) is 1.05. The molecule has 0 aromatic heterocycles. The molecule has 0 saturated carbocycles. The molecule has 1 aromatic carbocycles. The fourth-order valence-corrected chi connectivity index (χ4v) is 2.70. The number of nitrogens with zero attached hydrogens (tertiary/aromatic N) is 4. The number of hydrogen-bond acceptors (Lipinski definition) is 3. The second-order valence-electron chi connectivity index (χ2n) is 8.87. The predicted octanol–water partition coefficient (Wildman–Crippen LogP) is 4.59. The molecule has 28 heavy (non-hydrogen) atoms. The van der Waals surface area contributed by atoms with E-state index in [2.05, 4.69) is 107 Å². The van der Waals surface area contributed by atoms with Crippen molar-refractivity contribution in [2.75, 3.05) is 14.1 Å². The van der Waals surface area contributed by atoms with Crippen LogP contribution in [0.25, 0.3) is 0 Å². The van der Waals surface area contributed by atoms with Crippen molar-refractivity contribution in [3.05, 3.63) is 54.0 Å². The first-order valence-corrected chi connectivity index (χ1v) is 10.3. The molecule has 1 aliphatic rings. The van der Waals surface area contributed by atoms with Crippen molar-refractivity contribution in [3.8, 4) is 0 Å². The van der Waals surface area contributed by atoms with Crippen molar-refractivity contribution in [3.63, 3.8) is 0 Å². The van der Waals surface area contributed by atoms with Gasteiger partial charge < -0.3 is 9.80 Å². The number of benzene rings is 1. The van der Waals surface area contributed by atoms with Gasteiger partial charge in [-0.25, -0.2) is 0 Å². The van der Waals surface area contributed by atoms with Gasteiger partial charge in [0.1, 0.15) is 0 Å². The van der Waals surface area contributed by atoms with Crippen molar-refractivity contribution in [1.29, 1.82) is 0 Å². The summed E-state index contributed by atoms with van der Waals surface area (Å²) >= 11 is 2.11. The summed E-state index contributed by atoms with van der Waals surface area (Å²) in [6.45, 7) is 20.3. The topological polar surface area (TPSA) is 22.1 Å². The van der Waals surface area contributed by atoms with Gasteiger partial charge in [0.05, 0.1) is 0 Å². The summed E-state index contributed by atoms with van der Waals surface area (Å²) in [6, 6.07) is 10.4. The molecule has 5 radical (unpaired) electrons. The van der Waals surface area contributed by atoms with E-state index >= 15 is 0 Å². The van der Waals surface area contributed by atoms with E-state index < -0.39 is 0 Å². The smallest absolute Gasteiger partial charge is 0.207 e. The molecule has 155 valence electrons. The maximum absolute atomic E-state index is 4.89. The number of allylic oxidation sites excluding steroid dienone is 2. The van der Waals surface area contributed by atoms with Crippen LogP contribution in [0, 0.1) is 6.67 Å². The first-order valence-electron chi connectivity index (χ1n) is 9.32. The molecule has 0 bridgehead atoms. The Hall–Kier alpha value is -0.997. The van der Waals surface area contributed by atoms with Gasteiger partial charge >= 0.3 is 120 Å². The van der Waals surface area contributed by atoms with Gasteiger partial charge in [0.15, 0.2) is 0 Å². The third-order valence-corrected chi connectivity index (χ3v) is 6.04. The SMILES string of the molecule is CC(C)(C)N=C(c1ccccc1)[N]([Ge])C(C)(C)C.CC1=C(C)N(C)[C]N1C.P. The molecule has 0 saturated heterocycles. The quantitative estimate of drug-likeness (QED) is 0.264. The van der Waals surface area contributed by atoms with E-state index in [9.17, 15) is 0 Å². The molecule has 1 aliphatic heterocycles. The Balaban J connectivity index is 0.000000614. The molecular formula is C22H38GeN4P. The Morgan fingerprint density at radius 1 is 0.929 bits per heavy atom. The van der Waals surface area contributed by atoms with Gasteiger partial charge in [-0.15, -0.1) is 0 Å². The first-order chi connectivity index (χ1) is 12.2. The Bertz CT molecular complexity index is 656. The standard InChI is InChI=1S/C15H23GeN2.C7H12N2.H3P/c1-14(2,3)17-13(18(16)15(4,5)6)12-10-8-7-9-11-12;1-6-7(2)9(4)5-8(6)3;/h7-11H,1-6H3;1-4H3;1H3. The van der Waals surface area contributed by atoms with Gasteiger partial charge in [-0.05, 0) is 13.8 Å². The van der Waals surface area contributed by atoms with Crippen LogP contribution in [0.4, 0.5) is 0 Å². The molecule has 4 nitrogen and oxygen atoms in total. The van der Waals surface area contributed by atoms with Crippen molar-refractivity contribution in [2.24, 2.45) is 4.99 Å². The van der Waals surface area contributed by atoms with Crippen LogP contribution >= 0.6 is 9.90 Å². The van der Waals surface area contributed by atoms with Gasteiger partial charge in [0.25, 0.3) is 0 Å². The van der Waals surface area contributed by atoms with E-state index in [-0.39, 0.29) is 21.0 Å². The average Bonchev–Trinajstić information content (AvgIpc) is 2.78. The molecule has 1 aromatic rings. The second-order valence-corrected chi connectivity index (χ2v) is 9.81. The molecule has 0 aliphatic carbocycles. The minimum absolute atomic E-state index is 0. The fourth-order valence-electron chi connectivity index (χ4n) is 2.33. The predicted molar refractivity (Wildman–Crippen MR) is 128 cm³/mol. The number of hydrogen-bond donors (Lipinski definition) is 0. The van der Waals surface area contributed by atoms with E-state index in [1.165, 1.54) is 17.0 Å². The van der Waals surface area contributed by atoms with Gasteiger partial charge in [-0.3, -0.25) is 0 Å². The maximum atomic E-state index is 4.89. The number of aliphatic imine (C=N–C) groups is 1. The fraction of sp³-hybridized carbons (Fsp3) is 0.545. The van der Waals surface area contributed by atoms with Crippen LogP contribution in [0.2, 0.25) is 0 Å². The summed E-state index contributed by atoms with van der Waals surface area (Å²) in [7, 11) is 4.00. The number of amidine groups is 1. The largest absolute Gasteiger partial charge is 0.347 e. The van der Waals surface area contributed by atoms with Crippen molar-refractivity contribution in [2.45, 2.75) is 66.5 Å². The van der Waals surface area contributed by atoms with Crippen LogP contribution in [0.5, 0.6) is 0 Å². The van der Waals surface area contributed by atoms with Crippen LogP contribution in [-0.2, 0) is 0 Å². The van der Waals surface area contributed by atoms with E-state index in [1.807, 2.05) is 30.0 Å². The minimum atomic E-state index is -0.0787. The zero-order valence-corrected chi connectivity index (χ0v) is 22.9. The van der Waals surface area contributed by atoms with E-state index in [0.29, 0.717) is 0 Å². The molecule has 0 N–H and O–H groups in total. The van der Waals surface area contributed by atoms with E-state index in [4.69, 9.17) is 4.99 Å². The summed E-state index contributed by atoms with van der Waals surface area (Å²) in [4.78, 5) is 8.88. The van der Waals surface area contributed by atoms with Crippen LogP contribution in [-0.4, -0.2) is 61.4 Å². The number of rotatable bonds is 1. The normalized spacial score (nSPS) is 15.2. The van der Waals surface area contributed by atoms with Crippen LogP contribution < -0.4 is 0 Å².